The summed E-state index contributed by atoms with van der Waals surface area (Å²) in [4.78, 5) is 26.0. The van der Waals surface area contributed by atoms with Crippen LogP contribution in [0.3, 0.4) is 0 Å². The number of rotatable bonds is 7. The van der Waals surface area contributed by atoms with Crippen molar-refractivity contribution in [1.29, 1.82) is 0 Å². The lowest BCUT2D eigenvalue weighted by Crippen LogP contribution is -2.50. The molecule has 6 heteroatoms. The molecule has 2 aliphatic heterocycles. The second-order valence-electron chi connectivity index (χ2n) is 8.56. The van der Waals surface area contributed by atoms with Gasteiger partial charge in [0, 0.05) is 25.3 Å². The maximum atomic E-state index is 12.7. The Hall–Kier alpha value is -2.31. The molecule has 0 spiro atoms. The highest BCUT2D eigenvalue weighted by Gasteiger charge is 2.31. The Balaban J connectivity index is 1.20. The Bertz CT molecular complexity index is 777. The number of hydrogen-bond donors (Lipinski definition) is 1. The standard InChI is InChI=1S/C24H33N5O/c30-24(26-17-22-8-12-25-19-27-22)21-7-4-13-29(18-21)23-10-15-28(16-11-23)14-9-20-5-2-1-3-6-20/h1-3,5-6,8,12,19,21,23H,4,7,9-11,13-18H2,(H,26,30). The van der Waals surface area contributed by atoms with Crippen LogP contribution in [0.5, 0.6) is 0 Å². The van der Waals surface area contributed by atoms with E-state index in [-0.39, 0.29) is 11.8 Å². The van der Waals surface area contributed by atoms with Crippen LogP contribution in [-0.4, -0.2) is 64.4 Å². The molecule has 1 atom stereocenters. The molecule has 1 unspecified atom stereocenters. The Morgan fingerprint density at radius 2 is 1.90 bits per heavy atom. The summed E-state index contributed by atoms with van der Waals surface area (Å²) in [5.41, 5.74) is 2.28. The molecule has 0 saturated carbocycles. The molecule has 6 nitrogen and oxygen atoms in total. The number of carbonyl (C=O) groups excluding carboxylic acids is 1. The maximum Gasteiger partial charge on any atom is 0.224 e. The van der Waals surface area contributed by atoms with E-state index in [1.54, 1.807) is 6.20 Å². The average Bonchev–Trinajstić information content (AvgIpc) is 2.83. The number of nitrogens with one attached hydrogen (secondary N) is 1. The quantitative estimate of drug-likeness (QED) is 0.764. The summed E-state index contributed by atoms with van der Waals surface area (Å²) < 4.78 is 0. The van der Waals surface area contributed by atoms with Gasteiger partial charge in [-0.2, -0.15) is 0 Å². The van der Waals surface area contributed by atoms with E-state index in [1.807, 2.05) is 6.07 Å². The summed E-state index contributed by atoms with van der Waals surface area (Å²) in [6.45, 7) is 5.98. The lowest BCUT2D eigenvalue weighted by atomic mass is 9.93. The molecule has 1 amide bonds. The fraction of sp³-hybridized carbons (Fsp3) is 0.542. The highest BCUT2D eigenvalue weighted by molar-refractivity contribution is 5.78. The van der Waals surface area contributed by atoms with Gasteiger partial charge in [0.15, 0.2) is 0 Å². The van der Waals surface area contributed by atoms with Crippen molar-refractivity contribution in [2.75, 3.05) is 32.7 Å². The van der Waals surface area contributed by atoms with E-state index >= 15 is 0 Å². The third kappa shape index (κ3) is 5.86. The number of hydrogen-bond acceptors (Lipinski definition) is 5. The summed E-state index contributed by atoms with van der Waals surface area (Å²) >= 11 is 0. The van der Waals surface area contributed by atoms with Gasteiger partial charge in [-0.15, -0.1) is 0 Å². The van der Waals surface area contributed by atoms with Crippen LogP contribution in [0.25, 0.3) is 0 Å². The molecule has 1 aromatic carbocycles. The van der Waals surface area contributed by atoms with E-state index in [0.717, 1.165) is 44.6 Å². The first-order chi connectivity index (χ1) is 14.8. The summed E-state index contributed by atoms with van der Waals surface area (Å²) in [6, 6.07) is 13.2. The zero-order valence-corrected chi connectivity index (χ0v) is 17.7. The summed E-state index contributed by atoms with van der Waals surface area (Å²) in [5.74, 6) is 0.260. The zero-order valence-electron chi connectivity index (χ0n) is 17.7. The fourth-order valence-corrected chi connectivity index (χ4v) is 4.74. The minimum atomic E-state index is 0.0942. The second-order valence-corrected chi connectivity index (χ2v) is 8.56. The second kappa shape index (κ2) is 10.6. The molecule has 2 aromatic rings. The van der Waals surface area contributed by atoms with Crippen molar-refractivity contribution in [1.82, 2.24) is 25.1 Å². The number of amides is 1. The Morgan fingerprint density at radius 3 is 2.67 bits per heavy atom. The van der Waals surface area contributed by atoms with Gasteiger partial charge in [-0.3, -0.25) is 9.69 Å². The average molecular weight is 408 g/mol. The van der Waals surface area contributed by atoms with Crippen molar-refractivity contribution in [2.24, 2.45) is 5.92 Å². The van der Waals surface area contributed by atoms with E-state index in [4.69, 9.17) is 0 Å². The highest BCUT2D eigenvalue weighted by atomic mass is 16.1. The lowest BCUT2D eigenvalue weighted by molar-refractivity contribution is -0.127. The predicted octanol–water partition coefficient (Wildman–Crippen LogP) is 2.51. The molecule has 160 valence electrons. The number of likely N-dealkylation sites (tertiary alicyclic amines) is 2. The van der Waals surface area contributed by atoms with Gasteiger partial charge < -0.3 is 10.2 Å². The van der Waals surface area contributed by atoms with Crippen molar-refractivity contribution in [2.45, 2.75) is 44.7 Å². The van der Waals surface area contributed by atoms with Crippen LogP contribution in [0.15, 0.2) is 48.9 Å². The van der Waals surface area contributed by atoms with Crippen LogP contribution in [0.4, 0.5) is 0 Å². The first-order valence-corrected chi connectivity index (χ1v) is 11.3. The Kier molecular flexibility index (Phi) is 7.43. The number of carbonyl (C=O) groups is 1. The van der Waals surface area contributed by atoms with Crippen molar-refractivity contribution in [3.05, 3.63) is 60.2 Å². The van der Waals surface area contributed by atoms with E-state index in [1.165, 1.54) is 37.8 Å². The summed E-state index contributed by atoms with van der Waals surface area (Å²) in [7, 11) is 0. The molecular formula is C24H33N5O. The first-order valence-electron chi connectivity index (χ1n) is 11.3. The summed E-state index contributed by atoms with van der Waals surface area (Å²) in [5, 5.41) is 3.07. The number of benzene rings is 1. The smallest absolute Gasteiger partial charge is 0.224 e. The normalized spacial score (nSPS) is 21.4. The minimum absolute atomic E-state index is 0.0942. The molecule has 0 bridgehead atoms. The molecule has 1 aromatic heterocycles. The van der Waals surface area contributed by atoms with E-state index in [9.17, 15) is 4.79 Å². The molecule has 30 heavy (non-hydrogen) atoms. The lowest BCUT2D eigenvalue weighted by Gasteiger charge is -2.42. The molecule has 2 fully saturated rings. The molecule has 4 rings (SSSR count). The first kappa shape index (κ1) is 20.9. The molecule has 2 saturated heterocycles. The molecule has 3 heterocycles. The Labute approximate surface area is 179 Å². The third-order valence-electron chi connectivity index (χ3n) is 6.54. The van der Waals surface area contributed by atoms with E-state index in [2.05, 4.69) is 55.4 Å². The topological polar surface area (TPSA) is 61.4 Å². The molecule has 1 N–H and O–H groups in total. The van der Waals surface area contributed by atoms with Crippen LogP contribution < -0.4 is 5.32 Å². The summed E-state index contributed by atoms with van der Waals surface area (Å²) in [6.07, 6.45) is 8.89. The molecule has 2 aliphatic rings. The van der Waals surface area contributed by atoms with Gasteiger partial charge in [-0.25, -0.2) is 9.97 Å². The van der Waals surface area contributed by atoms with Gasteiger partial charge in [0.2, 0.25) is 5.91 Å². The van der Waals surface area contributed by atoms with Crippen molar-refractivity contribution < 1.29 is 4.79 Å². The fourth-order valence-electron chi connectivity index (χ4n) is 4.74. The number of aromatic nitrogens is 2. The van der Waals surface area contributed by atoms with Gasteiger partial charge in [0.25, 0.3) is 0 Å². The minimum Gasteiger partial charge on any atom is -0.350 e. The van der Waals surface area contributed by atoms with Crippen LogP contribution in [0, 0.1) is 5.92 Å². The van der Waals surface area contributed by atoms with Crippen LogP contribution in [0.1, 0.15) is 36.9 Å². The van der Waals surface area contributed by atoms with Gasteiger partial charge in [0.1, 0.15) is 6.33 Å². The monoisotopic (exact) mass is 407 g/mol. The Morgan fingerprint density at radius 1 is 1.07 bits per heavy atom. The molecular weight excluding hydrogens is 374 g/mol. The molecule has 0 aliphatic carbocycles. The number of piperidine rings is 2. The van der Waals surface area contributed by atoms with E-state index in [0.29, 0.717) is 12.6 Å². The van der Waals surface area contributed by atoms with Crippen molar-refractivity contribution in [3.8, 4) is 0 Å². The molecule has 0 radical (unpaired) electrons. The van der Waals surface area contributed by atoms with Gasteiger partial charge in [-0.05, 0) is 63.4 Å². The van der Waals surface area contributed by atoms with Crippen molar-refractivity contribution >= 4 is 5.91 Å². The van der Waals surface area contributed by atoms with Crippen molar-refractivity contribution in [3.63, 3.8) is 0 Å². The zero-order chi connectivity index (χ0) is 20.6. The van der Waals surface area contributed by atoms with E-state index < -0.39 is 0 Å². The SMILES string of the molecule is O=C(NCc1ccncn1)C1CCCN(C2CCN(CCc3ccccc3)CC2)C1. The largest absolute Gasteiger partial charge is 0.350 e. The van der Waals surface area contributed by atoms with Gasteiger partial charge in [-0.1, -0.05) is 30.3 Å². The van der Waals surface area contributed by atoms with Gasteiger partial charge in [0.05, 0.1) is 18.2 Å². The van der Waals surface area contributed by atoms with Crippen LogP contribution >= 0.6 is 0 Å². The highest BCUT2D eigenvalue weighted by Crippen LogP contribution is 2.24. The van der Waals surface area contributed by atoms with Crippen LogP contribution in [-0.2, 0) is 17.8 Å². The third-order valence-corrected chi connectivity index (χ3v) is 6.54. The van der Waals surface area contributed by atoms with Crippen LogP contribution in [0.2, 0.25) is 0 Å². The number of nitrogens with zero attached hydrogens (tertiary/aromatic N) is 4. The maximum absolute atomic E-state index is 12.7. The predicted molar refractivity (Wildman–Crippen MR) is 118 cm³/mol. The van der Waals surface area contributed by atoms with Gasteiger partial charge >= 0.3 is 0 Å².